The van der Waals surface area contributed by atoms with Gasteiger partial charge in [-0.1, -0.05) is 35.6 Å². The van der Waals surface area contributed by atoms with Gasteiger partial charge in [-0.15, -0.1) is 0 Å². The van der Waals surface area contributed by atoms with Gasteiger partial charge in [-0.25, -0.2) is 4.98 Å². The number of carbonyl (C=O) groups excluding carboxylic acids is 1. The summed E-state index contributed by atoms with van der Waals surface area (Å²) in [4.78, 5) is 22.2. The second-order valence-corrected chi connectivity index (χ2v) is 9.65. The van der Waals surface area contributed by atoms with Crippen LogP contribution < -0.4 is 24.4 Å². The van der Waals surface area contributed by atoms with Crippen LogP contribution in [-0.2, 0) is 0 Å². The fourth-order valence-electron chi connectivity index (χ4n) is 4.33. The van der Waals surface area contributed by atoms with Crippen molar-refractivity contribution in [3.8, 4) is 23.0 Å². The van der Waals surface area contributed by atoms with Crippen molar-refractivity contribution in [2.45, 2.75) is 0 Å². The summed E-state index contributed by atoms with van der Waals surface area (Å²) in [6.45, 7) is 4.93. The highest BCUT2D eigenvalue weighted by Crippen LogP contribution is 2.40. The molecule has 1 aliphatic rings. The van der Waals surface area contributed by atoms with E-state index >= 15 is 0 Å². The van der Waals surface area contributed by atoms with Crippen LogP contribution in [0.1, 0.15) is 10.4 Å². The standard InChI is InChI=1S/C28H30N4O4S/c1-34-23-11-12-24(35-2)26-25(23)30-28(37-26)32-17-15-31(16-18-32)14-13-29-27(33)20-7-6-10-22(19-20)36-21-8-4-3-5-9-21/h3-12,19H,13-18H2,1-2H3,(H,29,33). The Kier molecular flexibility index (Phi) is 7.72. The van der Waals surface area contributed by atoms with Gasteiger partial charge in [-0.3, -0.25) is 9.69 Å². The number of fused-ring (bicyclic) bond motifs is 1. The molecule has 1 amide bonds. The highest BCUT2D eigenvalue weighted by Gasteiger charge is 2.22. The van der Waals surface area contributed by atoms with Gasteiger partial charge in [-0.05, 0) is 42.5 Å². The molecule has 1 fully saturated rings. The van der Waals surface area contributed by atoms with Crippen LogP contribution in [0.15, 0.2) is 66.7 Å². The Labute approximate surface area is 220 Å². The van der Waals surface area contributed by atoms with Crippen molar-refractivity contribution in [2.24, 2.45) is 0 Å². The number of hydrogen-bond donors (Lipinski definition) is 1. The molecule has 0 saturated carbocycles. The first-order valence-electron chi connectivity index (χ1n) is 12.2. The van der Waals surface area contributed by atoms with Crippen LogP contribution in [0, 0.1) is 0 Å². The van der Waals surface area contributed by atoms with E-state index in [1.54, 1.807) is 37.7 Å². The third-order valence-corrected chi connectivity index (χ3v) is 7.46. The quantitative estimate of drug-likeness (QED) is 0.345. The number of para-hydroxylation sites is 1. The monoisotopic (exact) mass is 518 g/mol. The topological polar surface area (TPSA) is 76.2 Å². The average Bonchev–Trinajstić information content (AvgIpc) is 3.39. The van der Waals surface area contributed by atoms with Crippen LogP contribution in [-0.4, -0.2) is 69.3 Å². The fourth-order valence-corrected chi connectivity index (χ4v) is 5.45. The van der Waals surface area contributed by atoms with Crippen molar-refractivity contribution in [1.82, 2.24) is 15.2 Å². The zero-order chi connectivity index (χ0) is 25.6. The summed E-state index contributed by atoms with van der Waals surface area (Å²) < 4.78 is 17.9. The van der Waals surface area contributed by atoms with E-state index < -0.39 is 0 Å². The number of nitrogens with one attached hydrogen (secondary N) is 1. The van der Waals surface area contributed by atoms with Gasteiger partial charge in [0.25, 0.3) is 5.91 Å². The molecule has 1 N–H and O–H groups in total. The second kappa shape index (κ2) is 11.5. The summed E-state index contributed by atoms with van der Waals surface area (Å²) in [7, 11) is 3.33. The summed E-state index contributed by atoms with van der Waals surface area (Å²) in [5.74, 6) is 2.84. The molecule has 0 radical (unpaired) electrons. The molecule has 0 unspecified atom stereocenters. The lowest BCUT2D eigenvalue weighted by Crippen LogP contribution is -2.48. The predicted octanol–water partition coefficient (Wildman–Crippen LogP) is 4.66. The Morgan fingerprint density at radius 3 is 2.41 bits per heavy atom. The number of ether oxygens (including phenoxy) is 3. The molecule has 9 heteroatoms. The highest BCUT2D eigenvalue weighted by atomic mass is 32.1. The first kappa shape index (κ1) is 24.9. The fraction of sp³-hybridized carbons (Fsp3) is 0.286. The van der Waals surface area contributed by atoms with E-state index in [2.05, 4.69) is 15.1 Å². The van der Waals surface area contributed by atoms with E-state index in [0.717, 1.165) is 65.3 Å². The summed E-state index contributed by atoms with van der Waals surface area (Å²) in [5, 5.41) is 4.01. The number of nitrogens with zero attached hydrogens (tertiary/aromatic N) is 3. The van der Waals surface area contributed by atoms with Crippen LogP contribution in [0.4, 0.5) is 5.13 Å². The lowest BCUT2D eigenvalue weighted by atomic mass is 10.2. The largest absolute Gasteiger partial charge is 0.495 e. The van der Waals surface area contributed by atoms with Gasteiger partial charge in [-0.2, -0.15) is 0 Å². The van der Waals surface area contributed by atoms with E-state index in [-0.39, 0.29) is 5.91 Å². The molecule has 4 aromatic rings. The summed E-state index contributed by atoms with van der Waals surface area (Å²) in [6.07, 6.45) is 0. The van der Waals surface area contributed by atoms with Gasteiger partial charge in [0.2, 0.25) is 0 Å². The Balaban J connectivity index is 1.11. The minimum absolute atomic E-state index is 0.102. The van der Waals surface area contributed by atoms with E-state index in [4.69, 9.17) is 19.2 Å². The molecule has 0 spiro atoms. The third-order valence-electron chi connectivity index (χ3n) is 6.33. The van der Waals surface area contributed by atoms with Gasteiger partial charge in [0.1, 0.15) is 33.2 Å². The van der Waals surface area contributed by atoms with Crippen molar-refractivity contribution >= 4 is 32.6 Å². The number of methoxy groups -OCH3 is 2. The molecule has 0 atom stereocenters. The molecule has 1 saturated heterocycles. The number of anilines is 1. The smallest absolute Gasteiger partial charge is 0.251 e. The Morgan fingerprint density at radius 1 is 0.919 bits per heavy atom. The number of amides is 1. The van der Waals surface area contributed by atoms with Gasteiger partial charge in [0.15, 0.2) is 5.13 Å². The second-order valence-electron chi connectivity index (χ2n) is 8.67. The Morgan fingerprint density at radius 2 is 1.65 bits per heavy atom. The SMILES string of the molecule is COc1ccc(OC)c2sc(N3CCN(CCNC(=O)c4cccc(Oc5ccccc5)c4)CC3)nc12. The first-order chi connectivity index (χ1) is 18.1. The lowest BCUT2D eigenvalue weighted by molar-refractivity contribution is 0.0947. The van der Waals surface area contributed by atoms with E-state index in [9.17, 15) is 4.79 Å². The molecule has 192 valence electrons. The third kappa shape index (κ3) is 5.79. The maximum absolute atomic E-state index is 12.7. The molecule has 1 aromatic heterocycles. The van der Waals surface area contributed by atoms with Gasteiger partial charge in [0.05, 0.1) is 14.2 Å². The molecule has 3 aromatic carbocycles. The van der Waals surface area contributed by atoms with Crippen molar-refractivity contribution in [3.63, 3.8) is 0 Å². The highest BCUT2D eigenvalue weighted by molar-refractivity contribution is 7.22. The number of rotatable bonds is 9. The van der Waals surface area contributed by atoms with E-state index in [1.165, 1.54) is 0 Å². The molecule has 0 bridgehead atoms. The van der Waals surface area contributed by atoms with Crippen LogP contribution in [0.25, 0.3) is 10.2 Å². The normalized spacial score (nSPS) is 13.9. The van der Waals surface area contributed by atoms with Crippen molar-refractivity contribution in [2.75, 3.05) is 58.4 Å². The minimum Gasteiger partial charge on any atom is -0.495 e. The molecule has 37 heavy (non-hydrogen) atoms. The maximum atomic E-state index is 12.7. The number of hydrogen-bond acceptors (Lipinski definition) is 8. The van der Waals surface area contributed by atoms with Crippen LogP contribution in [0.2, 0.25) is 0 Å². The van der Waals surface area contributed by atoms with Crippen molar-refractivity contribution in [1.29, 1.82) is 0 Å². The van der Waals surface area contributed by atoms with Crippen molar-refractivity contribution < 1.29 is 19.0 Å². The number of piperazine rings is 1. The first-order valence-corrected chi connectivity index (χ1v) is 13.1. The zero-order valence-corrected chi connectivity index (χ0v) is 21.8. The molecule has 2 heterocycles. The molecular formula is C28H30N4O4S. The number of aromatic nitrogens is 1. The maximum Gasteiger partial charge on any atom is 0.251 e. The molecule has 5 rings (SSSR count). The van der Waals surface area contributed by atoms with Gasteiger partial charge >= 0.3 is 0 Å². The average molecular weight is 519 g/mol. The van der Waals surface area contributed by atoms with E-state index in [0.29, 0.717) is 17.9 Å². The summed E-state index contributed by atoms with van der Waals surface area (Å²) in [6, 6.07) is 20.6. The van der Waals surface area contributed by atoms with Crippen LogP contribution in [0.3, 0.4) is 0 Å². The summed E-state index contributed by atoms with van der Waals surface area (Å²) >= 11 is 1.63. The van der Waals surface area contributed by atoms with Crippen LogP contribution in [0.5, 0.6) is 23.0 Å². The molecule has 0 aliphatic carbocycles. The van der Waals surface area contributed by atoms with Crippen LogP contribution >= 0.6 is 11.3 Å². The zero-order valence-electron chi connectivity index (χ0n) is 21.0. The van der Waals surface area contributed by atoms with Gasteiger partial charge < -0.3 is 24.4 Å². The minimum atomic E-state index is -0.102. The molecular weight excluding hydrogens is 488 g/mol. The number of benzene rings is 3. The Hall–Kier alpha value is -3.82. The van der Waals surface area contributed by atoms with Crippen molar-refractivity contribution in [3.05, 3.63) is 72.3 Å². The van der Waals surface area contributed by atoms with Gasteiger partial charge in [0, 0.05) is 44.8 Å². The number of thiazole rings is 1. The predicted molar refractivity (Wildman–Crippen MR) is 147 cm³/mol. The summed E-state index contributed by atoms with van der Waals surface area (Å²) in [5.41, 5.74) is 1.42. The molecule has 1 aliphatic heterocycles. The lowest BCUT2D eigenvalue weighted by Gasteiger charge is -2.34. The molecule has 8 nitrogen and oxygen atoms in total. The Bertz CT molecular complexity index is 1310. The van der Waals surface area contributed by atoms with E-state index in [1.807, 2.05) is 54.6 Å². The number of carbonyl (C=O) groups is 1.